The Kier molecular flexibility index (Phi) is 5.13. The lowest BCUT2D eigenvalue weighted by Gasteiger charge is -2.24. The molecule has 0 spiro atoms. The van der Waals surface area contributed by atoms with Crippen LogP contribution in [-0.4, -0.2) is 70.2 Å². The molecule has 4 rings (SSSR count). The summed E-state index contributed by atoms with van der Waals surface area (Å²) in [4.78, 5) is 21.7. The fourth-order valence-corrected chi connectivity index (χ4v) is 3.62. The highest BCUT2D eigenvalue weighted by Crippen LogP contribution is 2.15. The van der Waals surface area contributed by atoms with Gasteiger partial charge in [-0.3, -0.25) is 19.8 Å². The number of aromatic nitrogens is 3. The topological polar surface area (TPSA) is 77.2 Å². The van der Waals surface area contributed by atoms with Crippen molar-refractivity contribution in [2.75, 3.05) is 33.2 Å². The van der Waals surface area contributed by atoms with Crippen LogP contribution in [0.15, 0.2) is 48.8 Å². The molecule has 0 bridgehead atoms. The predicted molar refractivity (Wildman–Crippen MR) is 104 cm³/mol. The van der Waals surface area contributed by atoms with Crippen LogP contribution < -0.4 is 5.32 Å². The molecular formula is C20H24N6O. The van der Waals surface area contributed by atoms with E-state index >= 15 is 0 Å². The van der Waals surface area contributed by atoms with Crippen molar-refractivity contribution >= 4 is 16.8 Å². The lowest BCUT2D eigenvalue weighted by atomic mass is 10.2. The maximum absolute atomic E-state index is 12.8. The molecule has 7 nitrogen and oxygen atoms in total. The third-order valence-corrected chi connectivity index (χ3v) is 4.96. The van der Waals surface area contributed by atoms with Crippen LogP contribution in [0.4, 0.5) is 0 Å². The van der Waals surface area contributed by atoms with E-state index in [-0.39, 0.29) is 11.9 Å². The van der Waals surface area contributed by atoms with Gasteiger partial charge in [0, 0.05) is 50.5 Å². The number of nitrogens with one attached hydrogen (secondary N) is 2. The van der Waals surface area contributed by atoms with Crippen LogP contribution in [0.1, 0.15) is 16.1 Å². The molecule has 1 saturated heterocycles. The average Bonchev–Trinajstić information content (AvgIpc) is 3.03. The van der Waals surface area contributed by atoms with Gasteiger partial charge in [0.25, 0.3) is 5.91 Å². The second-order valence-electron chi connectivity index (χ2n) is 7.15. The number of hydrogen-bond acceptors (Lipinski definition) is 5. The molecule has 1 aliphatic heterocycles. The number of benzene rings is 1. The largest absolute Gasteiger partial charge is 0.345 e. The van der Waals surface area contributed by atoms with Crippen molar-refractivity contribution in [2.45, 2.75) is 12.6 Å². The molecule has 3 aromatic rings. The van der Waals surface area contributed by atoms with Crippen molar-refractivity contribution in [1.82, 2.24) is 30.3 Å². The number of nitrogens with zero attached hydrogens (tertiary/aromatic N) is 4. The van der Waals surface area contributed by atoms with Crippen molar-refractivity contribution in [2.24, 2.45) is 0 Å². The molecule has 1 atom stereocenters. The Bertz CT molecular complexity index is 909. The normalized spacial score (nSPS) is 19.1. The van der Waals surface area contributed by atoms with Gasteiger partial charge < -0.3 is 10.2 Å². The van der Waals surface area contributed by atoms with Gasteiger partial charge in [-0.05, 0) is 24.7 Å². The van der Waals surface area contributed by atoms with E-state index in [0.29, 0.717) is 5.69 Å². The maximum Gasteiger partial charge on any atom is 0.272 e. The van der Waals surface area contributed by atoms with Crippen LogP contribution in [-0.2, 0) is 6.54 Å². The van der Waals surface area contributed by atoms with Crippen LogP contribution in [0.25, 0.3) is 10.9 Å². The summed E-state index contributed by atoms with van der Waals surface area (Å²) in [5.41, 5.74) is 2.51. The highest BCUT2D eigenvalue weighted by atomic mass is 16.2. The molecule has 3 heterocycles. The van der Waals surface area contributed by atoms with Crippen LogP contribution >= 0.6 is 0 Å². The minimum absolute atomic E-state index is 0.0390. The van der Waals surface area contributed by atoms with Gasteiger partial charge >= 0.3 is 0 Å². The number of aromatic amines is 1. The molecule has 1 fully saturated rings. The maximum atomic E-state index is 12.8. The first-order valence-electron chi connectivity index (χ1n) is 9.23. The van der Waals surface area contributed by atoms with Crippen LogP contribution in [0.5, 0.6) is 0 Å². The number of carbonyl (C=O) groups is 1. The Morgan fingerprint density at radius 1 is 1.22 bits per heavy atom. The van der Waals surface area contributed by atoms with Crippen molar-refractivity contribution in [3.63, 3.8) is 0 Å². The van der Waals surface area contributed by atoms with Gasteiger partial charge in [0.2, 0.25) is 0 Å². The molecule has 1 aliphatic rings. The van der Waals surface area contributed by atoms with Gasteiger partial charge in [-0.2, -0.15) is 5.10 Å². The third kappa shape index (κ3) is 4.15. The third-order valence-electron chi connectivity index (χ3n) is 4.96. The second kappa shape index (κ2) is 7.85. The zero-order chi connectivity index (χ0) is 18.6. The average molecular weight is 364 g/mol. The number of carbonyl (C=O) groups excluding carboxylic acids is 1. The molecule has 27 heavy (non-hydrogen) atoms. The molecule has 140 valence electrons. The van der Waals surface area contributed by atoms with Crippen LogP contribution in [0.2, 0.25) is 0 Å². The molecule has 7 heteroatoms. The van der Waals surface area contributed by atoms with Gasteiger partial charge in [-0.25, -0.2) is 0 Å². The first-order chi connectivity index (χ1) is 13.2. The first kappa shape index (κ1) is 17.6. The smallest absolute Gasteiger partial charge is 0.272 e. The van der Waals surface area contributed by atoms with Crippen molar-refractivity contribution in [3.05, 3.63) is 60.0 Å². The number of amides is 1. The lowest BCUT2D eigenvalue weighted by molar-refractivity contribution is 0.0920. The summed E-state index contributed by atoms with van der Waals surface area (Å²) in [6.07, 6.45) is 3.69. The Morgan fingerprint density at radius 2 is 2.11 bits per heavy atom. The van der Waals surface area contributed by atoms with E-state index in [1.54, 1.807) is 6.20 Å². The fraction of sp³-hybridized carbons (Fsp3) is 0.350. The van der Waals surface area contributed by atoms with E-state index in [9.17, 15) is 4.79 Å². The molecule has 1 unspecified atom stereocenters. The van der Waals surface area contributed by atoms with Gasteiger partial charge in [-0.15, -0.1) is 0 Å². The predicted octanol–water partition coefficient (Wildman–Crippen LogP) is 1.50. The van der Waals surface area contributed by atoms with Gasteiger partial charge in [0.15, 0.2) is 5.69 Å². The monoisotopic (exact) mass is 364 g/mol. The zero-order valence-corrected chi connectivity index (χ0v) is 15.4. The number of fused-ring (bicyclic) bond motifs is 1. The van der Waals surface area contributed by atoms with E-state index in [4.69, 9.17) is 0 Å². The summed E-state index contributed by atoms with van der Waals surface area (Å²) < 4.78 is 0. The Balaban J connectivity index is 1.47. The van der Waals surface area contributed by atoms with Crippen molar-refractivity contribution in [1.29, 1.82) is 0 Å². The fourth-order valence-electron chi connectivity index (χ4n) is 3.62. The molecule has 0 radical (unpaired) electrons. The summed E-state index contributed by atoms with van der Waals surface area (Å²) in [7, 11) is 2.09. The first-order valence-corrected chi connectivity index (χ1v) is 9.23. The number of hydrogen-bond donors (Lipinski definition) is 2. The van der Waals surface area contributed by atoms with E-state index in [1.807, 2.05) is 36.5 Å². The Morgan fingerprint density at radius 3 is 2.96 bits per heavy atom. The van der Waals surface area contributed by atoms with E-state index in [1.165, 1.54) is 5.56 Å². The minimum atomic E-state index is -0.130. The Labute approximate surface area is 158 Å². The molecule has 2 N–H and O–H groups in total. The minimum Gasteiger partial charge on any atom is -0.345 e. The van der Waals surface area contributed by atoms with Gasteiger partial charge in [-0.1, -0.05) is 24.3 Å². The van der Waals surface area contributed by atoms with Crippen molar-refractivity contribution < 1.29 is 4.79 Å². The highest BCUT2D eigenvalue weighted by molar-refractivity contribution is 6.04. The van der Waals surface area contributed by atoms with Crippen LogP contribution in [0, 0.1) is 0 Å². The SMILES string of the molecule is CN1CCN(Cc2cccnc2)CC(NC(=O)c2n[nH]c3ccccc23)C1. The molecule has 1 amide bonds. The number of rotatable bonds is 4. The summed E-state index contributed by atoms with van der Waals surface area (Å²) in [5, 5.41) is 11.2. The van der Waals surface area contributed by atoms with E-state index in [2.05, 4.69) is 43.4 Å². The number of H-pyrrole nitrogens is 1. The quantitative estimate of drug-likeness (QED) is 0.734. The standard InChI is InChI=1S/C20H24N6O/c1-25-9-10-26(12-15-5-4-8-21-11-15)14-16(13-25)22-20(27)19-17-6-2-3-7-18(17)23-24-19/h2-8,11,16H,9-10,12-14H2,1H3,(H,22,27)(H,23,24). The summed E-state index contributed by atoms with van der Waals surface area (Å²) in [6, 6.07) is 11.8. The molecular weight excluding hydrogens is 340 g/mol. The second-order valence-corrected chi connectivity index (χ2v) is 7.15. The summed E-state index contributed by atoms with van der Waals surface area (Å²) in [6.45, 7) is 4.38. The van der Waals surface area contributed by atoms with Gasteiger partial charge in [0.05, 0.1) is 11.6 Å². The van der Waals surface area contributed by atoms with E-state index in [0.717, 1.165) is 43.6 Å². The molecule has 1 aromatic carbocycles. The summed E-state index contributed by atoms with van der Waals surface area (Å²) in [5.74, 6) is -0.130. The van der Waals surface area contributed by atoms with E-state index < -0.39 is 0 Å². The summed E-state index contributed by atoms with van der Waals surface area (Å²) >= 11 is 0. The zero-order valence-electron chi connectivity index (χ0n) is 15.4. The van der Waals surface area contributed by atoms with Crippen LogP contribution in [0.3, 0.4) is 0 Å². The number of para-hydroxylation sites is 1. The Hall–Kier alpha value is -2.77. The molecule has 0 saturated carbocycles. The highest BCUT2D eigenvalue weighted by Gasteiger charge is 2.24. The lowest BCUT2D eigenvalue weighted by Crippen LogP contribution is -2.46. The molecule has 2 aromatic heterocycles. The molecule has 0 aliphatic carbocycles. The van der Waals surface area contributed by atoms with Crippen molar-refractivity contribution in [3.8, 4) is 0 Å². The number of pyridine rings is 1. The van der Waals surface area contributed by atoms with Gasteiger partial charge in [0.1, 0.15) is 0 Å². The number of likely N-dealkylation sites (N-methyl/N-ethyl adjacent to an activating group) is 1.